The normalized spacial score (nSPS) is 15.1. The van der Waals surface area contributed by atoms with Gasteiger partial charge in [-0.05, 0) is 45.0 Å². The van der Waals surface area contributed by atoms with Crippen molar-refractivity contribution in [2.45, 2.75) is 31.3 Å². The van der Waals surface area contributed by atoms with Crippen molar-refractivity contribution in [2.75, 3.05) is 31.1 Å². The number of hydrazone groups is 1. The molecule has 0 spiro atoms. The summed E-state index contributed by atoms with van der Waals surface area (Å²) >= 11 is 6.39. The molecule has 0 radical (unpaired) electrons. The van der Waals surface area contributed by atoms with E-state index in [2.05, 4.69) is 14.8 Å². The van der Waals surface area contributed by atoms with Crippen molar-refractivity contribution in [3.05, 3.63) is 59.1 Å². The second-order valence-electron chi connectivity index (χ2n) is 8.29. The molecule has 0 unspecified atom stereocenters. The fourth-order valence-corrected chi connectivity index (χ4v) is 4.23. The van der Waals surface area contributed by atoms with Crippen LogP contribution < -0.4 is 9.73 Å². The highest BCUT2D eigenvalue weighted by Crippen LogP contribution is 2.27. The number of nitrogens with zero attached hydrogens (tertiary/aromatic N) is 3. The number of benzene rings is 2. The number of sulfonamides is 1. The van der Waals surface area contributed by atoms with Crippen LogP contribution in [0.5, 0.6) is 0 Å². The second-order valence-corrected chi connectivity index (χ2v) is 10.4. The molecular formula is C22H27ClN4O4S. The van der Waals surface area contributed by atoms with Crippen molar-refractivity contribution in [1.29, 1.82) is 0 Å². The number of hydrogen-bond acceptors (Lipinski definition) is 6. The molecule has 1 aliphatic heterocycles. The lowest BCUT2D eigenvalue weighted by molar-refractivity contribution is 0.0240. The van der Waals surface area contributed by atoms with Gasteiger partial charge >= 0.3 is 6.09 Å². The maximum atomic E-state index is 12.4. The number of anilines is 1. The summed E-state index contributed by atoms with van der Waals surface area (Å²) in [6, 6.07) is 13.4. The van der Waals surface area contributed by atoms with E-state index in [0.29, 0.717) is 36.8 Å². The molecule has 0 atom stereocenters. The molecule has 0 saturated carbocycles. The van der Waals surface area contributed by atoms with E-state index in [9.17, 15) is 13.2 Å². The van der Waals surface area contributed by atoms with Crippen LogP contribution in [0, 0.1) is 0 Å². The van der Waals surface area contributed by atoms with Crippen LogP contribution in [0.25, 0.3) is 0 Å². The number of rotatable bonds is 5. The molecule has 2 aromatic carbocycles. The van der Waals surface area contributed by atoms with Crippen LogP contribution in [0.4, 0.5) is 10.5 Å². The highest BCUT2D eigenvalue weighted by Gasteiger charge is 2.26. The predicted octanol–water partition coefficient (Wildman–Crippen LogP) is 3.71. The van der Waals surface area contributed by atoms with Crippen molar-refractivity contribution < 1.29 is 17.9 Å². The van der Waals surface area contributed by atoms with E-state index >= 15 is 0 Å². The lowest BCUT2D eigenvalue weighted by Crippen LogP contribution is -2.50. The molecule has 1 heterocycles. The second kappa shape index (κ2) is 9.79. The lowest BCUT2D eigenvalue weighted by Gasteiger charge is -2.37. The predicted molar refractivity (Wildman–Crippen MR) is 126 cm³/mol. The minimum atomic E-state index is -3.78. The summed E-state index contributed by atoms with van der Waals surface area (Å²) < 4.78 is 30.2. The van der Waals surface area contributed by atoms with Gasteiger partial charge in [0.15, 0.2) is 0 Å². The van der Waals surface area contributed by atoms with Crippen molar-refractivity contribution >= 4 is 39.6 Å². The Hall–Kier alpha value is -2.78. The number of halogens is 1. The summed E-state index contributed by atoms with van der Waals surface area (Å²) in [6.07, 6.45) is 1.07. The lowest BCUT2D eigenvalue weighted by atomic mass is 10.1. The molecule has 0 aliphatic carbocycles. The van der Waals surface area contributed by atoms with E-state index in [1.807, 2.05) is 32.9 Å². The quantitative estimate of drug-likeness (QED) is 0.522. The van der Waals surface area contributed by atoms with Crippen LogP contribution in [-0.2, 0) is 14.8 Å². The van der Waals surface area contributed by atoms with Gasteiger partial charge in [-0.3, -0.25) is 0 Å². The summed E-state index contributed by atoms with van der Waals surface area (Å²) in [5.41, 5.74) is 0.859. The summed E-state index contributed by atoms with van der Waals surface area (Å²) in [5, 5.41) is 4.38. The van der Waals surface area contributed by atoms with E-state index in [1.54, 1.807) is 29.2 Å². The number of ether oxygens (including phenoxy) is 1. The van der Waals surface area contributed by atoms with Gasteiger partial charge in [-0.2, -0.15) is 13.5 Å². The zero-order chi connectivity index (χ0) is 23.4. The molecular weight excluding hydrogens is 452 g/mol. The molecule has 1 fully saturated rings. The highest BCUT2D eigenvalue weighted by atomic mass is 35.5. The van der Waals surface area contributed by atoms with Gasteiger partial charge in [-0.25, -0.2) is 9.63 Å². The topological polar surface area (TPSA) is 91.3 Å². The van der Waals surface area contributed by atoms with E-state index < -0.39 is 15.6 Å². The van der Waals surface area contributed by atoms with Gasteiger partial charge < -0.3 is 14.5 Å². The molecule has 8 nitrogen and oxygen atoms in total. The first-order valence-corrected chi connectivity index (χ1v) is 12.0. The Kier molecular flexibility index (Phi) is 7.30. The van der Waals surface area contributed by atoms with Crippen LogP contribution in [0.15, 0.2) is 58.5 Å². The fourth-order valence-electron chi connectivity index (χ4n) is 3.20. The van der Waals surface area contributed by atoms with Crippen LogP contribution in [0.2, 0.25) is 5.02 Å². The first kappa shape index (κ1) is 23.9. The first-order valence-electron chi connectivity index (χ1n) is 10.2. The average Bonchev–Trinajstić information content (AvgIpc) is 2.74. The van der Waals surface area contributed by atoms with Crippen LogP contribution >= 0.6 is 11.6 Å². The van der Waals surface area contributed by atoms with Gasteiger partial charge in [0.05, 0.1) is 16.1 Å². The third-order valence-corrected chi connectivity index (χ3v) is 6.29. The molecule has 1 aliphatic rings. The Balaban J connectivity index is 1.71. The summed E-state index contributed by atoms with van der Waals surface area (Å²) in [7, 11) is -3.78. The SMILES string of the molecule is CC(C)(C)OC(=O)N1CCN(c2cccc(Cl)c2C=NNS(=O)(=O)c2ccccc2)CC1. The number of piperazine rings is 1. The molecule has 0 aromatic heterocycles. The third kappa shape index (κ3) is 6.14. The van der Waals surface area contributed by atoms with Crippen molar-refractivity contribution in [3.8, 4) is 0 Å². The Morgan fingerprint density at radius 1 is 1.06 bits per heavy atom. The summed E-state index contributed by atoms with van der Waals surface area (Å²) in [4.78, 5) is 18.4. The van der Waals surface area contributed by atoms with Crippen LogP contribution in [-0.4, -0.2) is 57.4 Å². The van der Waals surface area contributed by atoms with Gasteiger partial charge in [-0.15, -0.1) is 0 Å². The van der Waals surface area contributed by atoms with E-state index in [0.717, 1.165) is 5.69 Å². The largest absolute Gasteiger partial charge is 0.444 e. The number of nitrogens with one attached hydrogen (secondary N) is 1. The van der Waals surface area contributed by atoms with Crippen molar-refractivity contribution in [3.63, 3.8) is 0 Å². The molecule has 1 N–H and O–H groups in total. The molecule has 32 heavy (non-hydrogen) atoms. The number of carbonyl (C=O) groups excluding carboxylic acids is 1. The highest BCUT2D eigenvalue weighted by molar-refractivity contribution is 7.89. The van der Waals surface area contributed by atoms with Gasteiger partial charge in [0.1, 0.15) is 5.60 Å². The van der Waals surface area contributed by atoms with Crippen molar-refractivity contribution in [2.24, 2.45) is 5.10 Å². The fraction of sp³-hybridized carbons (Fsp3) is 0.364. The molecule has 2 aromatic rings. The minimum Gasteiger partial charge on any atom is -0.444 e. The van der Waals surface area contributed by atoms with E-state index in [4.69, 9.17) is 16.3 Å². The number of carbonyl (C=O) groups is 1. The first-order chi connectivity index (χ1) is 15.1. The molecule has 1 amide bonds. The van der Waals surface area contributed by atoms with E-state index in [1.165, 1.54) is 18.3 Å². The molecule has 10 heteroatoms. The van der Waals surface area contributed by atoms with Gasteiger partial charge in [-0.1, -0.05) is 35.9 Å². The van der Waals surface area contributed by atoms with Gasteiger partial charge in [0.25, 0.3) is 10.0 Å². The van der Waals surface area contributed by atoms with Crippen LogP contribution in [0.1, 0.15) is 26.3 Å². The molecule has 1 saturated heterocycles. The molecule has 172 valence electrons. The average molecular weight is 479 g/mol. The summed E-state index contributed by atoms with van der Waals surface area (Å²) in [5.74, 6) is 0. The van der Waals surface area contributed by atoms with Gasteiger partial charge in [0, 0.05) is 37.4 Å². The number of amides is 1. The summed E-state index contributed by atoms with van der Waals surface area (Å²) in [6.45, 7) is 7.67. The Morgan fingerprint density at radius 2 is 1.72 bits per heavy atom. The number of hydrogen-bond donors (Lipinski definition) is 1. The van der Waals surface area contributed by atoms with E-state index in [-0.39, 0.29) is 11.0 Å². The smallest absolute Gasteiger partial charge is 0.410 e. The van der Waals surface area contributed by atoms with Gasteiger partial charge in [0.2, 0.25) is 0 Å². The van der Waals surface area contributed by atoms with Crippen molar-refractivity contribution in [1.82, 2.24) is 9.73 Å². The zero-order valence-electron chi connectivity index (χ0n) is 18.3. The maximum Gasteiger partial charge on any atom is 0.410 e. The minimum absolute atomic E-state index is 0.120. The maximum absolute atomic E-state index is 12.4. The monoisotopic (exact) mass is 478 g/mol. The Bertz CT molecular complexity index is 1080. The van der Waals surface area contributed by atoms with Crippen LogP contribution in [0.3, 0.4) is 0 Å². The Labute approximate surface area is 193 Å². The Morgan fingerprint density at radius 3 is 2.34 bits per heavy atom. The molecule has 0 bridgehead atoms. The standard InChI is InChI=1S/C22H27ClN4O4S/c1-22(2,3)31-21(28)27-14-12-26(13-15-27)20-11-7-10-19(23)18(20)16-24-25-32(29,30)17-8-5-4-6-9-17/h4-11,16,25H,12-15H2,1-3H3. The zero-order valence-corrected chi connectivity index (χ0v) is 19.9. The third-order valence-electron chi connectivity index (χ3n) is 4.72. The molecule has 3 rings (SSSR count).